The number of nitrogens with one attached hydrogen (secondary N) is 1. The van der Waals surface area contributed by atoms with Gasteiger partial charge in [-0.2, -0.15) is 0 Å². The van der Waals surface area contributed by atoms with Crippen LogP contribution in [0.1, 0.15) is 41.8 Å². The van der Waals surface area contributed by atoms with E-state index in [1.54, 1.807) is 11.3 Å². The molecule has 0 spiro atoms. The maximum atomic E-state index is 6.06. The molecular weight excluding hydrogens is 286 g/mol. The fraction of sp³-hybridized carbons (Fsp3) is 0.412. The number of thiophene rings is 1. The predicted molar refractivity (Wildman–Crippen MR) is 89.9 cm³/mol. The van der Waals surface area contributed by atoms with E-state index < -0.39 is 0 Å². The Kier molecular flexibility index (Phi) is 6.08. The molecule has 0 saturated heterocycles. The van der Waals surface area contributed by atoms with Crippen LogP contribution in [0.15, 0.2) is 36.4 Å². The Labute approximate surface area is 131 Å². The van der Waals surface area contributed by atoms with Gasteiger partial charge in [0.05, 0.1) is 4.34 Å². The van der Waals surface area contributed by atoms with Gasteiger partial charge < -0.3 is 5.32 Å². The molecule has 1 aromatic heterocycles. The highest BCUT2D eigenvalue weighted by atomic mass is 35.5. The maximum absolute atomic E-state index is 6.06. The van der Waals surface area contributed by atoms with Gasteiger partial charge in [0.1, 0.15) is 0 Å². The van der Waals surface area contributed by atoms with Gasteiger partial charge in [-0.05, 0) is 50.4 Å². The molecule has 1 nitrogen and oxygen atoms in total. The lowest BCUT2D eigenvalue weighted by molar-refractivity contribution is 0.506. The van der Waals surface area contributed by atoms with E-state index in [2.05, 4.69) is 49.5 Å². The van der Waals surface area contributed by atoms with E-state index in [0.717, 1.165) is 30.1 Å². The first-order valence-electron chi connectivity index (χ1n) is 7.23. The first-order valence-corrected chi connectivity index (χ1v) is 8.42. The molecule has 0 aliphatic carbocycles. The van der Waals surface area contributed by atoms with Crippen molar-refractivity contribution in [3.05, 3.63) is 56.7 Å². The Morgan fingerprint density at radius 1 is 1.15 bits per heavy atom. The first kappa shape index (κ1) is 15.6. The number of rotatable bonds is 7. The van der Waals surface area contributed by atoms with E-state index in [1.807, 2.05) is 6.07 Å². The van der Waals surface area contributed by atoms with Crippen molar-refractivity contribution in [1.29, 1.82) is 0 Å². The Morgan fingerprint density at radius 2 is 1.90 bits per heavy atom. The lowest BCUT2D eigenvalue weighted by atomic mass is 10.0. The lowest BCUT2D eigenvalue weighted by Gasteiger charge is -2.17. The summed E-state index contributed by atoms with van der Waals surface area (Å²) in [5, 5.41) is 3.63. The molecule has 0 radical (unpaired) electrons. The minimum atomic E-state index is 0.411. The topological polar surface area (TPSA) is 12.0 Å². The van der Waals surface area contributed by atoms with Crippen molar-refractivity contribution >= 4 is 22.9 Å². The molecule has 20 heavy (non-hydrogen) atoms. The summed E-state index contributed by atoms with van der Waals surface area (Å²) < 4.78 is 0.874. The van der Waals surface area contributed by atoms with Crippen LogP contribution in [0.3, 0.4) is 0 Å². The fourth-order valence-corrected chi connectivity index (χ4v) is 3.42. The van der Waals surface area contributed by atoms with Gasteiger partial charge in [-0.3, -0.25) is 0 Å². The number of hydrogen-bond donors (Lipinski definition) is 1. The van der Waals surface area contributed by atoms with Gasteiger partial charge in [-0.15, -0.1) is 11.3 Å². The molecule has 1 atom stereocenters. The van der Waals surface area contributed by atoms with Crippen LogP contribution in [0, 0.1) is 6.92 Å². The Bertz CT molecular complexity index is 518. The molecule has 0 bridgehead atoms. The summed E-state index contributed by atoms with van der Waals surface area (Å²) in [5.41, 5.74) is 2.72. The number of benzene rings is 1. The van der Waals surface area contributed by atoms with E-state index in [4.69, 9.17) is 11.6 Å². The second kappa shape index (κ2) is 7.82. The smallest absolute Gasteiger partial charge is 0.0931 e. The summed E-state index contributed by atoms with van der Waals surface area (Å²) in [6, 6.07) is 13.4. The van der Waals surface area contributed by atoms with Gasteiger partial charge in [0, 0.05) is 10.9 Å². The van der Waals surface area contributed by atoms with Crippen molar-refractivity contribution in [2.75, 3.05) is 6.54 Å². The van der Waals surface area contributed by atoms with Crippen LogP contribution in [0.5, 0.6) is 0 Å². The third-order valence-corrected chi connectivity index (χ3v) is 4.77. The molecule has 1 heterocycles. The van der Waals surface area contributed by atoms with Gasteiger partial charge in [0.15, 0.2) is 0 Å². The molecular formula is C17H22ClNS. The third kappa shape index (κ3) is 4.62. The van der Waals surface area contributed by atoms with E-state index in [9.17, 15) is 0 Å². The molecule has 3 heteroatoms. The number of aryl methyl sites for hydroxylation is 2. The largest absolute Gasteiger partial charge is 0.309 e. The number of hydrogen-bond acceptors (Lipinski definition) is 2. The molecule has 2 aromatic rings. The minimum absolute atomic E-state index is 0.411. The van der Waals surface area contributed by atoms with Crippen LogP contribution in [0.2, 0.25) is 4.34 Å². The normalized spacial score (nSPS) is 12.6. The lowest BCUT2D eigenvalue weighted by Crippen LogP contribution is -2.21. The molecule has 0 fully saturated rings. The summed E-state index contributed by atoms with van der Waals surface area (Å²) in [7, 11) is 0. The van der Waals surface area contributed by atoms with Crippen molar-refractivity contribution in [2.45, 2.75) is 39.2 Å². The summed E-state index contributed by atoms with van der Waals surface area (Å²) in [4.78, 5) is 1.34. The van der Waals surface area contributed by atoms with Crippen LogP contribution in [0.4, 0.5) is 0 Å². The summed E-state index contributed by atoms with van der Waals surface area (Å²) >= 11 is 7.75. The summed E-state index contributed by atoms with van der Waals surface area (Å²) in [6.45, 7) is 5.38. The zero-order valence-corrected chi connectivity index (χ0v) is 13.7. The molecule has 0 aliphatic rings. The van der Waals surface area contributed by atoms with E-state index in [1.165, 1.54) is 16.0 Å². The Balaban J connectivity index is 1.98. The number of halogens is 1. The molecule has 0 saturated carbocycles. The highest BCUT2D eigenvalue weighted by Gasteiger charge is 2.13. The molecule has 108 valence electrons. The molecule has 1 aromatic carbocycles. The molecule has 0 aliphatic heterocycles. The first-order chi connectivity index (χ1) is 9.69. The maximum Gasteiger partial charge on any atom is 0.0931 e. The quantitative estimate of drug-likeness (QED) is 0.723. The van der Waals surface area contributed by atoms with E-state index >= 15 is 0 Å². The highest BCUT2D eigenvalue weighted by Crippen LogP contribution is 2.29. The SMILES string of the molecule is CCCNC(CCc1ccc(C)cc1)c1ccc(Cl)s1. The van der Waals surface area contributed by atoms with Gasteiger partial charge in [0.25, 0.3) is 0 Å². The van der Waals surface area contributed by atoms with Gasteiger partial charge in [-0.25, -0.2) is 0 Å². The van der Waals surface area contributed by atoms with Gasteiger partial charge in [-0.1, -0.05) is 48.4 Å². The fourth-order valence-electron chi connectivity index (χ4n) is 2.24. The van der Waals surface area contributed by atoms with Crippen molar-refractivity contribution < 1.29 is 0 Å². The van der Waals surface area contributed by atoms with Crippen molar-refractivity contribution in [1.82, 2.24) is 5.32 Å². The van der Waals surface area contributed by atoms with E-state index in [-0.39, 0.29) is 0 Å². The average molecular weight is 308 g/mol. The van der Waals surface area contributed by atoms with Crippen molar-refractivity contribution in [3.8, 4) is 0 Å². The zero-order chi connectivity index (χ0) is 14.4. The summed E-state index contributed by atoms with van der Waals surface area (Å²) in [6.07, 6.45) is 3.36. The average Bonchev–Trinajstić information content (AvgIpc) is 2.87. The Morgan fingerprint density at radius 3 is 2.50 bits per heavy atom. The summed E-state index contributed by atoms with van der Waals surface area (Å²) in [5.74, 6) is 0. The Hall–Kier alpha value is -0.830. The van der Waals surface area contributed by atoms with E-state index in [0.29, 0.717) is 6.04 Å². The van der Waals surface area contributed by atoms with Crippen LogP contribution in [-0.2, 0) is 6.42 Å². The second-order valence-electron chi connectivity index (χ2n) is 5.17. The monoisotopic (exact) mass is 307 g/mol. The minimum Gasteiger partial charge on any atom is -0.309 e. The van der Waals surface area contributed by atoms with Crippen molar-refractivity contribution in [3.63, 3.8) is 0 Å². The molecule has 1 N–H and O–H groups in total. The van der Waals surface area contributed by atoms with Crippen LogP contribution >= 0.6 is 22.9 Å². The highest BCUT2D eigenvalue weighted by molar-refractivity contribution is 7.16. The van der Waals surface area contributed by atoms with Crippen molar-refractivity contribution in [2.24, 2.45) is 0 Å². The van der Waals surface area contributed by atoms with Crippen LogP contribution in [0.25, 0.3) is 0 Å². The van der Waals surface area contributed by atoms with Gasteiger partial charge in [0.2, 0.25) is 0 Å². The standard InChI is InChI=1S/C17H22ClNS/c1-3-12-19-15(16-10-11-17(18)20-16)9-8-14-6-4-13(2)5-7-14/h4-7,10-11,15,19H,3,8-9,12H2,1-2H3. The third-order valence-electron chi connectivity index (χ3n) is 3.42. The van der Waals surface area contributed by atoms with Crippen LogP contribution < -0.4 is 5.32 Å². The molecule has 2 rings (SSSR count). The second-order valence-corrected chi connectivity index (χ2v) is 6.92. The molecule has 1 unspecified atom stereocenters. The van der Waals surface area contributed by atoms with Crippen LogP contribution in [-0.4, -0.2) is 6.54 Å². The molecule has 0 amide bonds. The predicted octanol–water partition coefficient (Wildman–Crippen LogP) is 5.38. The zero-order valence-electron chi connectivity index (χ0n) is 12.2. The van der Waals surface area contributed by atoms with Gasteiger partial charge >= 0.3 is 0 Å².